The number of amides is 2. The first-order valence-electron chi connectivity index (χ1n) is 11.2. The van der Waals surface area contributed by atoms with Crippen molar-refractivity contribution in [1.82, 2.24) is 19.7 Å². The lowest BCUT2D eigenvalue weighted by Crippen LogP contribution is -2.44. The minimum absolute atomic E-state index is 0.0310. The largest absolute Gasteiger partial charge is 0.379 e. The lowest BCUT2D eigenvalue weighted by atomic mass is 9.85. The van der Waals surface area contributed by atoms with Crippen LogP contribution in [0, 0.1) is 11.2 Å². The molecule has 1 N–H and O–H groups in total. The average Bonchev–Trinajstić information content (AvgIpc) is 3.37. The van der Waals surface area contributed by atoms with Gasteiger partial charge in [-0.2, -0.15) is 0 Å². The molecule has 1 aromatic heterocycles. The highest BCUT2D eigenvalue weighted by Crippen LogP contribution is 2.41. The monoisotopic (exact) mass is 442 g/mol. The van der Waals surface area contributed by atoms with Crippen molar-refractivity contribution >= 4 is 22.7 Å². The van der Waals surface area contributed by atoms with Gasteiger partial charge in [0, 0.05) is 57.3 Å². The first-order chi connectivity index (χ1) is 15.5. The number of hydrogen-bond acceptors (Lipinski definition) is 5. The third-order valence-electron chi connectivity index (χ3n) is 7.08. The Labute approximate surface area is 184 Å². The van der Waals surface area contributed by atoms with Gasteiger partial charge in [-0.25, -0.2) is 4.39 Å². The van der Waals surface area contributed by atoms with Crippen LogP contribution in [0.2, 0.25) is 0 Å². The number of pyridine rings is 1. The number of carbonyl (C=O) groups is 2. The van der Waals surface area contributed by atoms with Gasteiger partial charge >= 0.3 is 0 Å². The van der Waals surface area contributed by atoms with Crippen LogP contribution in [0.25, 0.3) is 10.9 Å². The summed E-state index contributed by atoms with van der Waals surface area (Å²) in [5.74, 6) is -0.836. The van der Waals surface area contributed by atoms with E-state index in [1.165, 1.54) is 24.3 Å². The highest BCUT2D eigenvalue weighted by atomic mass is 19.1. The van der Waals surface area contributed by atoms with Crippen LogP contribution in [0.5, 0.6) is 0 Å². The molecule has 1 spiro atoms. The highest BCUT2D eigenvalue weighted by Gasteiger charge is 2.51. The normalized spacial score (nSPS) is 24.2. The molecule has 0 saturated carbocycles. The summed E-state index contributed by atoms with van der Waals surface area (Å²) < 4.78 is 19.5. The molecule has 9 heteroatoms. The number of carbonyl (C=O) groups excluding carboxylic acids is 2. The molecule has 1 atom stereocenters. The van der Waals surface area contributed by atoms with Gasteiger partial charge in [0.05, 0.1) is 24.1 Å². The van der Waals surface area contributed by atoms with Crippen LogP contribution in [-0.2, 0) is 9.53 Å². The van der Waals surface area contributed by atoms with E-state index in [-0.39, 0.29) is 28.4 Å². The van der Waals surface area contributed by atoms with E-state index in [0.717, 1.165) is 39.3 Å². The summed E-state index contributed by atoms with van der Waals surface area (Å²) in [5.41, 5.74) is -0.868. The van der Waals surface area contributed by atoms with Gasteiger partial charge in [0.25, 0.3) is 5.91 Å². The second kappa shape index (κ2) is 8.29. The van der Waals surface area contributed by atoms with Crippen molar-refractivity contribution in [2.24, 2.45) is 5.41 Å². The Bertz CT molecular complexity index is 1110. The molecule has 5 rings (SSSR count). The maximum atomic E-state index is 14.2. The molecule has 0 aliphatic carbocycles. The quantitative estimate of drug-likeness (QED) is 0.766. The molecule has 1 aromatic carbocycles. The maximum absolute atomic E-state index is 14.2. The van der Waals surface area contributed by atoms with Crippen molar-refractivity contribution in [2.75, 3.05) is 59.0 Å². The summed E-state index contributed by atoms with van der Waals surface area (Å²) in [6, 6.07) is 5.47. The first-order valence-corrected chi connectivity index (χ1v) is 11.2. The number of likely N-dealkylation sites (tertiary alicyclic amines) is 2. The predicted octanol–water partition coefficient (Wildman–Crippen LogP) is 1.06. The zero-order chi connectivity index (χ0) is 22.3. The molecular weight excluding hydrogens is 415 g/mol. The van der Waals surface area contributed by atoms with Gasteiger partial charge in [0.2, 0.25) is 5.91 Å². The molecular formula is C23H27FN4O4. The fraction of sp³-hybridized carbons (Fsp3) is 0.522. The van der Waals surface area contributed by atoms with Gasteiger partial charge < -0.3 is 19.5 Å². The molecule has 170 valence electrons. The minimum Gasteiger partial charge on any atom is -0.379 e. The molecule has 4 heterocycles. The van der Waals surface area contributed by atoms with Crippen molar-refractivity contribution in [2.45, 2.75) is 12.8 Å². The molecule has 0 radical (unpaired) electrons. The van der Waals surface area contributed by atoms with Crippen molar-refractivity contribution in [1.29, 1.82) is 0 Å². The molecule has 0 bridgehead atoms. The molecule has 3 fully saturated rings. The molecule has 3 aliphatic rings. The molecule has 2 amide bonds. The topological polar surface area (TPSA) is 86.0 Å². The number of benzene rings is 1. The van der Waals surface area contributed by atoms with E-state index in [0.29, 0.717) is 32.6 Å². The van der Waals surface area contributed by atoms with Gasteiger partial charge in [0.1, 0.15) is 11.5 Å². The van der Waals surface area contributed by atoms with E-state index in [2.05, 4.69) is 9.88 Å². The van der Waals surface area contributed by atoms with Crippen LogP contribution in [0.15, 0.2) is 29.1 Å². The van der Waals surface area contributed by atoms with Crippen LogP contribution in [0.1, 0.15) is 23.3 Å². The SMILES string of the molecule is O=C(c1cc(=O)c2cccc(F)c2[nH]1)N1CCC2(CCN(CCN3CCOCC3)C2=O)C1. The van der Waals surface area contributed by atoms with Crippen molar-refractivity contribution in [3.63, 3.8) is 0 Å². The number of hydrogen-bond donors (Lipinski definition) is 1. The van der Waals surface area contributed by atoms with Crippen LogP contribution >= 0.6 is 0 Å². The van der Waals surface area contributed by atoms with Gasteiger partial charge in [-0.15, -0.1) is 0 Å². The summed E-state index contributed by atoms with van der Waals surface area (Å²) in [7, 11) is 0. The third-order valence-corrected chi connectivity index (χ3v) is 7.08. The predicted molar refractivity (Wildman–Crippen MR) is 116 cm³/mol. The Balaban J connectivity index is 1.27. The number of ether oxygens (including phenoxy) is 1. The van der Waals surface area contributed by atoms with E-state index in [1.54, 1.807) is 4.90 Å². The number of H-pyrrole nitrogens is 1. The highest BCUT2D eigenvalue weighted by molar-refractivity contribution is 5.96. The molecule has 8 nitrogen and oxygen atoms in total. The fourth-order valence-electron chi connectivity index (χ4n) is 5.14. The number of aromatic nitrogens is 1. The molecule has 3 saturated heterocycles. The minimum atomic E-state index is -0.575. The zero-order valence-electron chi connectivity index (χ0n) is 17.9. The fourth-order valence-corrected chi connectivity index (χ4v) is 5.14. The molecule has 3 aliphatic heterocycles. The van der Waals surface area contributed by atoms with Crippen molar-refractivity contribution in [3.05, 3.63) is 46.0 Å². The average molecular weight is 442 g/mol. The lowest BCUT2D eigenvalue weighted by molar-refractivity contribution is -0.135. The number of morpholine rings is 1. The van der Waals surface area contributed by atoms with E-state index >= 15 is 0 Å². The Morgan fingerprint density at radius 2 is 1.88 bits per heavy atom. The summed E-state index contributed by atoms with van der Waals surface area (Å²) in [6.07, 6.45) is 1.33. The first kappa shape index (κ1) is 21.1. The molecule has 32 heavy (non-hydrogen) atoms. The van der Waals surface area contributed by atoms with Crippen molar-refractivity contribution in [3.8, 4) is 0 Å². The molecule has 2 aromatic rings. The number of fused-ring (bicyclic) bond motifs is 1. The summed E-state index contributed by atoms with van der Waals surface area (Å²) in [6.45, 7) is 6.23. The number of halogens is 1. The van der Waals surface area contributed by atoms with Gasteiger partial charge in [-0.1, -0.05) is 6.07 Å². The Kier molecular flexibility index (Phi) is 5.46. The Morgan fingerprint density at radius 3 is 2.69 bits per heavy atom. The number of para-hydroxylation sites is 1. The lowest BCUT2D eigenvalue weighted by Gasteiger charge is -2.29. The van der Waals surface area contributed by atoms with Crippen LogP contribution < -0.4 is 5.43 Å². The summed E-state index contributed by atoms with van der Waals surface area (Å²) in [5, 5.41) is 0.210. The number of aromatic amines is 1. The van der Waals surface area contributed by atoms with Gasteiger partial charge in [0.15, 0.2) is 5.43 Å². The summed E-state index contributed by atoms with van der Waals surface area (Å²) >= 11 is 0. The number of rotatable bonds is 4. The summed E-state index contributed by atoms with van der Waals surface area (Å²) in [4.78, 5) is 47.3. The Morgan fingerprint density at radius 1 is 1.09 bits per heavy atom. The standard InChI is InChI=1S/C23H27FN4O4/c24-17-3-1-2-16-19(29)14-18(25-20(16)17)21(30)28-7-5-23(15-28)4-6-27(22(23)31)9-8-26-10-12-32-13-11-26/h1-3,14H,4-13,15H2,(H,25,29). The van der Waals surface area contributed by atoms with Gasteiger partial charge in [-0.05, 0) is 25.0 Å². The van der Waals surface area contributed by atoms with Crippen molar-refractivity contribution < 1.29 is 18.7 Å². The van der Waals surface area contributed by atoms with E-state index in [4.69, 9.17) is 4.74 Å². The van der Waals surface area contributed by atoms with E-state index < -0.39 is 16.7 Å². The zero-order valence-corrected chi connectivity index (χ0v) is 17.9. The number of nitrogens with one attached hydrogen (secondary N) is 1. The van der Waals surface area contributed by atoms with Gasteiger partial charge in [-0.3, -0.25) is 19.3 Å². The maximum Gasteiger partial charge on any atom is 0.270 e. The number of nitrogens with zero attached hydrogens (tertiary/aromatic N) is 3. The molecule has 1 unspecified atom stereocenters. The third kappa shape index (κ3) is 3.69. The van der Waals surface area contributed by atoms with E-state index in [9.17, 15) is 18.8 Å². The van der Waals surface area contributed by atoms with E-state index in [1.807, 2.05) is 4.90 Å². The van der Waals surface area contributed by atoms with Crippen LogP contribution in [0.4, 0.5) is 4.39 Å². The Hall–Kier alpha value is -2.78. The van der Waals surface area contributed by atoms with Crippen LogP contribution in [0.3, 0.4) is 0 Å². The van der Waals surface area contributed by atoms with Crippen LogP contribution in [-0.4, -0.2) is 90.5 Å². The smallest absolute Gasteiger partial charge is 0.270 e. The second-order valence-corrected chi connectivity index (χ2v) is 8.96. The second-order valence-electron chi connectivity index (χ2n) is 8.96.